The average Bonchev–Trinajstić information content (AvgIpc) is 3.25. The van der Waals surface area contributed by atoms with Gasteiger partial charge in [0.1, 0.15) is 0 Å². The Balaban J connectivity index is 1.54. The first-order valence-corrected chi connectivity index (χ1v) is 9.01. The molecule has 0 radical (unpaired) electrons. The molecule has 6 heteroatoms. The zero-order valence-corrected chi connectivity index (χ0v) is 14.9. The maximum absolute atomic E-state index is 5.73. The van der Waals surface area contributed by atoms with Gasteiger partial charge in [-0.05, 0) is 31.5 Å². The van der Waals surface area contributed by atoms with Crippen LogP contribution in [0.3, 0.4) is 0 Å². The summed E-state index contributed by atoms with van der Waals surface area (Å²) in [5.41, 5.74) is 3.90. The van der Waals surface area contributed by atoms with E-state index in [0.29, 0.717) is 12.7 Å². The van der Waals surface area contributed by atoms with Gasteiger partial charge in [0.2, 0.25) is 6.79 Å². The fourth-order valence-corrected chi connectivity index (χ4v) is 3.72. The maximum atomic E-state index is 5.73. The molecule has 0 aliphatic carbocycles. The first-order valence-electron chi connectivity index (χ1n) is 9.01. The summed E-state index contributed by atoms with van der Waals surface area (Å²) < 4.78 is 18.8. The van der Waals surface area contributed by atoms with Gasteiger partial charge in [0.25, 0.3) is 0 Å². The minimum atomic E-state index is 0.317. The van der Waals surface area contributed by atoms with Gasteiger partial charge in [0.15, 0.2) is 11.5 Å². The van der Waals surface area contributed by atoms with Crippen molar-refractivity contribution in [2.75, 3.05) is 26.6 Å². The lowest BCUT2D eigenvalue weighted by molar-refractivity contribution is 0.104. The summed E-state index contributed by atoms with van der Waals surface area (Å²) in [4.78, 5) is 2.47. The number of benzene rings is 1. The second-order valence-electron chi connectivity index (χ2n) is 6.58. The molecular formula is C19H25N3O3. The lowest BCUT2D eigenvalue weighted by atomic mass is 9.95. The van der Waals surface area contributed by atoms with Gasteiger partial charge >= 0.3 is 0 Å². The number of fused-ring (bicyclic) bond motifs is 2. The van der Waals surface area contributed by atoms with Crippen LogP contribution in [-0.4, -0.2) is 41.2 Å². The van der Waals surface area contributed by atoms with Crippen LogP contribution in [0.5, 0.6) is 11.5 Å². The third-order valence-corrected chi connectivity index (χ3v) is 4.94. The Morgan fingerprint density at radius 2 is 2.12 bits per heavy atom. The molecule has 0 fully saturated rings. The van der Waals surface area contributed by atoms with E-state index in [1.165, 1.54) is 16.8 Å². The van der Waals surface area contributed by atoms with Crippen molar-refractivity contribution in [3.8, 4) is 11.5 Å². The first-order chi connectivity index (χ1) is 12.3. The van der Waals surface area contributed by atoms with Gasteiger partial charge in [0.05, 0.1) is 18.5 Å². The zero-order chi connectivity index (χ0) is 17.2. The first kappa shape index (κ1) is 16.4. The average molecular weight is 343 g/mol. The molecule has 2 aliphatic rings. The van der Waals surface area contributed by atoms with E-state index in [2.05, 4.69) is 33.7 Å². The highest BCUT2D eigenvalue weighted by Gasteiger charge is 2.29. The monoisotopic (exact) mass is 343 g/mol. The molecule has 1 aromatic heterocycles. The standard InChI is InChI=1S/C19H25N3O3/c1-3-22-17-11-21(10-15(12-23-4-2)16(17)8-20-22)9-14-5-6-18-19(7-14)25-13-24-18/h5-8,15H,3-4,9-13H2,1-2H3/t15-/m0/s1. The molecule has 4 rings (SSSR count). The molecule has 2 aromatic rings. The van der Waals surface area contributed by atoms with Gasteiger partial charge < -0.3 is 14.2 Å². The summed E-state index contributed by atoms with van der Waals surface area (Å²) in [6.45, 7) is 9.68. The Kier molecular flexibility index (Phi) is 4.63. The second-order valence-corrected chi connectivity index (χ2v) is 6.58. The van der Waals surface area contributed by atoms with Gasteiger partial charge in [-0.2, -0.15) is 5.10 Å². The number of hydrogen-bond acceptors (Lipinski definition) is 5. The van der Waals surface area contributed by atoms with Gasteiger partial charge in [-0.3, -0.25) is 9.58 Å². The van der Waals surface area contributed by atoms with Crippen molar-refractivity contribution in [1.29, 1.82) is 0 Å². The van der Waals surface area contributed by atoms with E-state index in [1.54, 1.807) is 0 Å². The third kappa shape index (κ3) is 3.24. The quantitative estimate of drug-likeness (QED) is 0.807. The topological polar surface area (TPSA) is 48.8 Å². The number of aryl methyl sites for hydroxylation is 1. The highest BCUT2D eigenvalue weighted by atomic mass is 16.7. The van der Waals surface area contributed by atoms with Crippen molar-refractivity contribution in [3.05, 3.63) is 41.2 Å². The van der Waals surface area contributed by atoms with Crippen molar-refractivity contribution in [3.63, 3.8) is 0 Å². The molecule has 2 aliphatic heterocycles. The molecule has 0 spiro atoms. The summed E-state index contributed by atoms with van der Waals surface area (Å²) >= 11 is 0. The predicted octanol–water partition coefficient (Wildman–Crippen LogP) is 2.77. The summed E-state index contributed by atoms with van der Waals surface area (Å²) in [6.07, 6.45) is 2.03. The van der Waals surface area contributed by atoms with Crippen molar-refractivity contribution >= 4 is 0 Å². The number of nitrogens with zero attached hydrogens (tertiary/aromatic N) is 3. The zero-order valence-electron chi connectivity index (χ0n) is 14.9. The molecule has 3 heterocycles. The Bertz CT molecular complexity index is 744. The van der Waals surface area contributed by atoms with Crippen LogP contribution in [0.15, 0.2) is 24.4 Å². The van der Waals surface area contributed by atoms with Crippen LogP contribution in [0, 0.1) is 0 Å². The van der Waals surface area contributed by atoms with Crippen LogP contribution in [0.25, 0.3) is 0 Å². The molecule has 0 bridgehead atoms. The Morgan fingerprint density at radius 3 is 2.96 bits per heavy atom. The van der Waals surface area contributed by atoms with Crippen LogP contribution in [0.1, 0.15) is 36.6 Å². The fraction of sp³-hybridized carbons (Fsp3) is 0.526. The number of hydrogen-bond donors (Lipinski definition) is 0. The normalized spacial score (nSPS) is 19.2. The van der Waals surface area contributed by atoms with Crippen LogP contribution in [0.2, 0.25) is 0 Å². The highest BCUT2D eigenvalue weighted by Crippen LogP contribution is 2.34. The van der Waals surface area contributed by atoms with Gasteiger partial charge in [-0.25, -0.2) is 0 Å². The van der Waals surface area contributed by atoms with Crippen LogP contribution >= 0.6 is 0 Å². The maximum Gasteiger partial charge on any atom is 0.231 e. The summed E-state index contributed by atoms with van der Waals surface area (Å²) in [6, 6.07) is 6.21. The second kappa shape index (κ2) is 7.06. The smallest absolute Gasteiger partial charge is 0.231 e. The molecule has 0 N–H and O–H groups in total. The molecule has 0 amide bonds. The van der Waals surface area contributed by atoms with E-state index in [9.17, 15) is 0 Å². The number of rotatable bonds is 6. The van der Waals surface area contributed by atoms with Crippen molar-refractivity contribution < 1.29 is 14.2 Å². The SMILES string of the molecule is CCOC[C@@H]1CN(Cc2ccc3c(c2)OCO3)Cc2c1cnn2CC. The molecule has 25 heavy (non-hydrogen) atoms. The summed E-state index contributed by atoms with van der Waals surface area (Å²) in [7, 11) is 0. The van der Waals surface area contributed by atoms with Crippen molar-refractivity contribution in [2.45, 2.75) is 39.4 Å². The van der Waals surface area contributed by atoms with E-state index in [-0.39, 0.29) is 0 Å². The van der Waals surface area contributed by atoms with E-state index in [4.69, 9.17) is 14.2 Å². The summed E-state index contributed by atoms with van der Waals surface area (Å²) in [5.74, 6) is 2.06. The van der Waals surface area contributed by atoms with Gasteiger partial charge in [0, 0.05) is 44.3 Å². The van der Waals surface area contributed by atoms with Gasteiger partial charge in [-0.1, -0.05) is 6.07 Å². The Morgan fingerprint density at radius 1 is 1.24 bits per heavy atom. The highest BCUT2D eigenvalue weighted by molar-refractivity contribution is 5.44. The largest absolute Gasteiger partial charge is 0.454 e. The van der Waals surface area contributed by atoms with E-state index < -0.39 is 0 Å². The Hall–Kier alpha value is -2.05. The molecular weight excluding hydrogens is 318 g/mol. The van der Waals surface area contributed by atoms with E-state index in [1.807, 2.05) is 19.2 Å². The third-order valence-electron chi connectivity index (χ3n) is 4.94. The van der Waals surface area contributed by atoms with Crippen LogP contribution in [0.4, 0.5) is 0 Å². The Labute approximate surface area is 148 Å². The van der Waals surface area contributed by atoms with Crippen LogP contribution < -0.4 is 9.47 Å². The minimum absolute atomic E-state index is 0.317. The molecule has 0 saturated heterocycles. The lowest BCUT2D eigenvalue weighted by Gasteiger charge is -2.33. The predicted molar refractivity (Wildman–Crippen MR) is 93.8 cm³/mol. The van der Waals surface area contributed by atoms with E-state index in [0.717, 1.165) is 50.9 Å². The molecule has 0 unspecified atom stereocenters. The molecule has 1 atom stereocenters. The molecule has 1 aromatic carbocycles. The molecule has 0 saturated carbocycles. The fourth-order valence-electron chi connectivity index (χ4n) is 3.72. The van der Waals surface area contributed by atoms with Crippen LogP contribution in [-0.2, 0) is 24.4 Å². The number of ether oxygens (including phenoxy) is 3. The van der Waals surface area contributed by atoms with Crippen molar-refractivity contribution in [2.24, 2.45) is 0 Å². The summed E-state index contributed by atoms with van der Waals surface area (Å²) in [5, 5.41) is 4.56. The van der Waals surface area contributed by atoms with E-state index >= 15 is 0 Å². The van der Waals surface area contributed by atoms with Gasteiger partial charge in [-0.15, -0.1) is 0 Å². The lowest BCUT2D eigenvalue weighted by Crippen LogP contribution is -2.35. The number of aromatic nitrogens is 2. The molecule has 6 nitrogen and oxygen atoms in total. The minimum Gasteiger partial charge on any atom is -0.454 e. The molecule has 134 valence electrons. The van der Waals surface area contributed by atoms with Crippen molar-refractivity contribution in [1.82, 2.24) is 14.7 Å².